The molecule has 0 atom stereocenters. The summed E-state index contributed by atoms with van der Waals surface area (Å²) in [4.78, 5) is 24.6. The molecular formula is C31H34FN5O3S. The molecule has 214 valence electrons. The maximum atomic E-state index is 14.3. The zero-order valence-electron chi connectivity index (χ0n) is 23.4. The van der Waals surface area contributed by atoms with Gasteiger partial charge in [-0.05, 0) is 94.4 Å². The molecule has 1 saturated heterocycles. The van der Waals surface area contributed by atoms with E-state index in [1.165, 1.54) is 55.1 Å². The molecule has 3 heterocycles. The highest BCUT2D eigenvalue weighted by molar-refractivity contribution is 7.21. The van der Waals surface area contributed by atoms with Gasteiger partial charge in [0.25, 0.3) is 5.91 Å². The minimum absolute atomic E-state index is 0.0204. The Hall–Kier alpha value is -3.76. The highest BCUT2D eigenvalue weighted by Gasteiger charge is 2.32. The zero-order chi connectivity index (χ0) is 28.7. The fourth-order valence-electron chi connectivity index (χ4n) is 5.66. The van der Waals surface area contributed by atoms with Crippen molar-refractivity contribution in [3.8, 4) is 22.6 Å². The lowest BCUT2D eigenvalue weighted by atomic mass is 9.89. The smallest absolute Gasteiger partial charge is 0.259 e. The van der Waals surface area contributed by atoms with Crippen LogP contribution in [0.4, 0.5) is 16.0 Å². The SMILES string of the molecule is COc1ccc(F)cc1-c1c(C(N)=O)sc2cnc(Nc3ccc(C4CCN(C5CC5)CC4)cc3OC(C)C)nc12. The standard InChI is InChI=1S/C31H34FN5O3S/c1-17(2)40-25-14-19(18-10-12-37(13-11-18)21-6-7-21)4-8-23(25)35-31-34-16-26-28(36-31)27(29(41-26)30(33)38)22-15-20(32)5-9-24(22)39-3/h4-5,8-9,14-18,21H,6-7,10-13H2,1-3H3,(H2,33,38)(H,34,35,36). The van der Waals surface area contributed by atoms with Crippen molar-refractivity contribution in [3.63, 3.8) is 0 Å². The average molecular weight is 576 g/mol. The first-order valence-electron chi connectivity index (χ1n) is 14.1. The number of anilines is 2. The molecule has 41 heavy (non-hydrogen) atoms. The van der Waals surface area contributed by atoms with Crippen molar-refractivity contribution in [1.82, 2.24) is 14.9 Å². The molecule has 2 aliphatic rings. The lowest BCUT2D eigenvalue weighted by Crippen LogP contribution is -2.34. The molecule has 2 fully saturated rings. The highest BCUT2D eigenvalue weighted by atomic mass is 32.1. The van der Waals surface area contributed by atoms with Gasteiger partial charge in [-0.3, -0.25) is 4.79 Å². The number of primary amides is 1. The molecule has 2 aromatic carbocycles. The van der Waals surface area contributed by atoms with Crippen LogP contribution >= 0.6 is 11.3 Å². The number of hydrogen-bond donors (Lipinski definition) is 2. The maximum absolute atomic E-state index is 14.3. The Morgan fingerprint density at radius 2 is 1.90 bits per heavy atom. The average Bonchev–Trinajstić information content (AvgIpc) is 3.74. The number of piperidine rings is 1. The highest BCUT2D eigenvalue weighted by Crippen LogP contribution is 2.43. The summed E-state index contributed by atoms with van der Waals surface area (Å²) < 4.78 is 26.7. The summed E-state index contributed by atoms with van der Waals surface area (Å²) in [6.07, 6.45) is 6.61. The number of thiophene rings is 1. The van der Waals surface area contributed by atoms with E-state index in [1.54, 1.807) is 6.20 Å². The van der Waals surface area contributed by atoms with Crippen molar-refractivity contribution in [1.29, 1.82) is 0 Å². The number of benzene rings is 2. The Labute approximate surface area is 242 Å². The summed E-state index contributed by atoms with van der Waals surface area (Å²) >= 11 is 1.17. The quantitative estimate of drug-likeness (QED) is 0.236. The monoisotopic (exact) mass is 575 g/mol. The predicted octanol–water partition coefficient (Wildman–Crippen LogP) is 6.48. The molecule has 0 bridgehead atoms. The van der Waals surface area contributed by atoms with E-state index >= 15 is 0 Å². The molecular weight excluding hydrogens is 541 g/mol. The van der Waals surface area contributed by atoms with E-state index in [2.05, 4.69) is 27.3 Å². The van der Waals surface area contributed by atoms with E-state index in [-0.39, 0.29) is 11.0 Å². The van der Waals surface area contributed by atoms with Crippen LogP contribution in [0.5, 0.6) is 11.5 Å². The van der Waals surface area contributed by atoms with Crippen LogP contribution in [0.1, 0.15) is 60.7 Å². The summed E-state index contributed by atoms with van der Waals surface area (Å²) in [6, 6.07) is 11.3. The maximum Gasteiger partial charge on any atom is 0.259 e. The normalized spacial score (nSPS) is 16.3. The van der Waals surface area contributed by atoms with Crippen LogP contribution < -0.4 is 20.5 Å². The van der Waals surface area contributed by atoms with Gasteiger partial charge in [0.1, 0.15) is 22.2 Å². The third-order valence-electron chi connectivity index (χ3n) is 7.76. The number of hydrogen-bond acceptors (Lipinski definition) is 8. The van der Waals surface area contributed by atoms with Gasteiger partial charge in [-0.25, -0.2) is 14.4 Å². The number of nitrogens with one attached hydrogen (secondary N) is 1. The summed E-state index contributed by atoms with van der Waals surface area (Å²) in [5.41, 5.74) is 9.06. The van der Waals surface area contributed by atoms with E-state index in [0.717, 1.165) is 43.4 Å². The van der Waals surface area contributed by atoms with E-state index in [0.29, 0.717) is 39.0 Å². The molecule has 4 aromatic rings. The van der Waals surface area contributed by atoms with Crippen molar-refractivity contribution in [2.75, 3.05) is 25.5 Å². The Morgan fingerprint density at radius 3 is 2.59 bits per heavy atom. The van der Waals surface area contributed by atoms with Crippen LogP contribution in [-0.4, -0.2) is 53.1 Å². The summed E-state index contributed by atoms with van der Waals surface area (Å²) in [6.45, 7) is 6.30. The van der Waals surface area contributed by atoms with Gasteiger partial charge in [0.15, 0.2) is 0 Å². The Bertz CT molecular complexity index is 1590. The first-order valence-corrected chi connectivity index (χ1v) is 14.9. The second-order valence-electron chi connectivity index (χ2n) is 11.0. The van der Waals surface area contributed by atoms with Crippen LogP contribution in [0.15, 0.2) is 42.6 Å². The van der Waals surface area contributed by atoms with Crippen molar-refractivity contribution in [3.05, 3.63) is 58.9 Å². The number of carbonyl (C=O) groups excluding carboxylic acids is 1. The number of halogens is 1. The fraction of sp³-hybridized carbons (Fsp3) is 0.387. The van der Waals surface area contributed by atoms with Gasteiger partial charge in [0.2, 0.25) is 5.95 Å². The van der Waals surface area contributed by atoms with Gasteiger partial charge in [0, 0.05) is 17.2 Å². The summed E-state index contributed by atoms with van der Waals surface area (Å²) in [5, 5.41) is 3.32. The number of ether oxygens (including phenoxy) is 2. The number of rotatable bonds is 9. The number of aromatic nitrogens is 2. The van der Waals surface area contributed by atoms with Gasteiger partial charge in [-0.1, -0.05) is 6.07 Å². The predicted molar refractivity (Wildman–Crippen MR) is 160 cm³/mol. The third-order valence-corrected chi connectivity index (χ3v) is 8.89. The molecule has 1 aliphatic carbocycles. The second kappa shape index (κ2) is 11.3. The number of nitrogens with zero attached hydrogens (tertiary/aromatic N) is 3. The molecule has 1 saturated carbocycles. The molecule has 0 unspecified atom stereocenters. The van der Waals surface area contributed by atoms with Gasteiger partial charge in [-0.15, -0.1) is 11.3 Å². The number of carbonyl (C=O) groups is 1. The van der Waals surface area contributed by atoms with E-state index in [1.807, 2.05) is 19.9 Å². The topological polar surface area (TPSA) is 103 Å². The largest absolute Gasteiger partial charge is 0.496 e. The molecule has 10 heteroatoms. The minimum Gasteiger partial charge on any atom is -0.496 e. The first-order chi connectivity index (χ1) is 19.8. The molecule has 0 spiro atoms. The van der Waals surface area contributed by atoms with Crippen LogP contribution in [0.3, 0.4) is 0 Å². The van der Waals surface area contributed by atoms with Crippen LogP contribution in [-0.2, 0) is 0 Å². The molecule has 3 N–H and O–H groups in total. The number of likely N-dealkylation sites (tertiary alicyclic amines) is 1. The third kappa shape index (κ3) is 5.71. The molecule has 1 amide bonds. The number of fused-ring (bicyclic) bond motifs is 1. The van der Waals surface area contributed by atoms with E-state index in [4.69, 9.17) is 20.2 Å². The van der Waals surface area contributed by atoms with Gasteiger partial charge < -0.3 is 25.4 Å². The van der Waals surface area contributed by atoms with Crippen LogP contribution in [0, 0.1) is 5.82 Å². The lowest BCUT2D eigenvalue weighted by Gasteiger charge is -2.32. The van der Waals surface area contributed by atoms with Crippen LogP contribution in [0.2, 0.25) is 0 Å². The number of methoxy groups -OCH3 is 1. The fourth-order valence-corrected chi connectivity index (χ4v) is 6.64. The first kappa shape index (κ1) is 27.4. The van der Waals surface area contributed by atoms with E-state index < -0.39 is 11.7 Å². The number of nitrogens with two attached hydrogens (primary N) is 1. The van der Waals surface area contributed by atoms with Crippen molar-refractivity contribution in [2.24, 2.45) is 5.73 Å². The van der Waals surface area contributed by atoms with Gasteiger partial charge >= 0.3 is 0 Å². The molecule has 6 rings (SSSR count). The Balaban J connectivity index is 1.34. The van der Waals surface area contributed by atoms with Gasteiger partial charge in [-0.2, -0.15) is 0 Å². The second-order valence-corrected chi connectivity index (χ2v) is 12.1. The zero-order valence-corrected chi connectivity index (χ0v) is 24.3. The molecule has 2 aromatic heterocycles. The minimum atomic E-state index is -0.630. The Kier molecular flexibility index (Phi) is 7.52. The lowest BCUT2D eigenvalue weighted by molar-refractivity contribution is 0.100. The van der Waals surface area contributed by atoms with Crippen molar-refractivity contribution < 1.29 is 18.7 Å². The Morgan fingerprint density at radius 1 is 1.12 bits per heavy atom. The molecule has 0 radical (unpaired) electrons. The number of amides is 1. The van der Waals surface area contributed by atoms with Gasteiger partial charge in [0.05, 0.1) is 35.3 Å². The summed E-state index contributed by atoms with van der Waals surface area (Å²) in [7, 11) is 1.49. The van der Waals surface area contributed by atoms with Crippen LogP contribution in [0.25, 0.3) is 21.3 Å². The van der Waals surface area contributed by atoms with Crippen molar-refractivity contribution >= 4 is 39.1 Å². The molecule has 8 nitrogen and oxygen atoms in total. The van der Waals surface area contributed by atoms with E-state index in [9.17, 15) is 9.18 Å². The molecule has 1 aliphatic heterocycles. The van der Waals surface area contributed by atoms with Crippen molar-refractivity contribution in [2.45, 2.75) is 57.6 Å². The summed E-state index contributed by atoms with van der Waals surface area (Å²) in [5.74, 6) is 0.880.